The molecule has 3 nitrogen and oxygen atoms in total. The Kier molecular flexibility index (Phi) is 5.24. The summed E-state index contributed by atoms with van der Waals surface area (Å²) < 4.78 is 14.3. The van der Waals surface area contributed by atoms with Crippen LogP contribution in [-0.4, -0.2) is 10.9 Å². The average molecular weight is 326 g/mol. The number of amides is 1. The van der Waals surface area contributed by atoms with Crippen molar-refractivity contribution in [3.8, 4) is 0 Å². The minimum absolute atomic E-state index is 0.00853. The largest absolute Gasteiger partial charge is 0.346 e. The summed E-state index contributed by atoms with van der Waals surface area (Å²) in [4.78, 5) is 16.4. The van der Waals surface area contributed by atoms with Gasteiger partial charge in [0, 0.05) is 24.4 Å². The van der Waals surface area contributed by atoms with Crippen molar-refractivity contribution < 1.29 is 9.18 Å². The van der Waals surface area contributed by atoms with Gasteiger partial charge in [-0.3, -0.25) is 9.78 Å². The van der Waals surface area contributed by atoms with Gasteiger partial charge in [-0.2, -0.15) is 0 Å². The van der Waals surface area contributed by atoms with Gasteiger partial charge in [0.15, 0.2) is 0 Å². The van der Waals surface area contributed by atoms with Crippen LogP contribution in [0.15, 0.2) is 48.8 Å². The first-order valence-electron chi connectivity index (χ1n) is 8.65. The second-order valence-electron chi connectivity index (χ2n) is 6.53. The first-order valence-corrected chi connectivity index (χ1v) is 8.65. The molecule has 126 valence electrons. The summed E-state index contributed by atoms with van der Waals surface area (Å²) in [7, 11) is 0. The van der Waals surface area contributed by atoms with E-state index in [1.807, 2.05) is 18.2 Å². The number of benzene rings is 1. The van der Waals surface area contributed by atoms with Crippen LogP contribution in [0.1, 0.15) is 49.7 Å². The SMILES string of the molecule is O=C(CCCc1ccncc1)NC1(c2ccccc2F)CCCC1. The zero-order valence-electron chi connectivity index (χ0n) is 13.8. The van der Waals surface area contributed by atoms with Gasteiger partial charge in [-0.1, -0.05) is 31.0 Å². The maximum absolute atomic E-state index is 14.3. The van der Waals surface area contributed by atoms with Crippen LogP contribution in [0.4, 0.5) is 4.39 Å². The lowest BCUT2D eigenvalue weighted by atomic mass is 9.87. The van der Waals surface area contributed by atoms with Crippen molar-refractivity contribution in [1.29, 1.82) is 0 Å². The van der Waals surface area contributed by atoms with Gasteiger partial charge in [0.05, 0.1) is 5.54 Å². The molecule has 1 fully saturated rings. The van der Waals surface area contributed by atoms with Crippen LogP contribution in [0.25, 0.3) is 0 Å². The molecular formula is C20H23FN2O. The summed E-state index contributed by atoms with van der Waals surface area (Å²) in [5.41, 5.74) is 1.28. The predicted molar refractivity (Wildman–Crippen MR) is 91.9 cm³/mol. The molecule has 1 aliphatic carbocycles. The van der Waals surface area contributed by atoms with Crippen molar-refractivity contribution in [1.82, 2.24) is 10.3 Å². The average Bonchev–Trinajstić information content (AvgIpc) is 3.05. The highest BCUT2D eigenvalue weighted by molar-refractivity contribution is 5.77. The number of hydrogen-bond acceptors (Lipinski definition) is 2. The smallest absolute Gasteiger partial charge is 0.220 e. The van der Waals surface area contributed by atoms with E-state index >= 15 is 0 Å². The molecule has 1 amide bonds. The molecule has 0 bridgehead atoms. The second kappa shape index (κ2) is 7.56. The lowest BCUT2D eigenvalue weighted by molar-refractivity contribution is -0.123. The first-order chi connectivity index (χ1) is 11.7. The summed E-state index contributed by atoms with van der Waals surface area (Å²) >= 11 is 0. The molecule has 1 aromatic heterocycles. The molecule has 1 N–H and O–H groups in total. The predicted octanol–water partition coefficient (Wildman–Crippen LogP) is 4.13. The minimum atomic E-state index is -0.529. The fourth-order valence-corrected chi connectivity index (χ4v) is 3.62. The van der Waals surface area contributed by atoms with E-state index in [2.05, 4.69) is 10.3 Å². The maximum atomic E-state index is 14.3. The van der Waals surface area contributed by atoms with Gasteiger partial charge in [-0.25, -0.2) is 4.39 Å². The van der Waals surface area contributed by atoms with Gasteiger partial charge in [0.25, 0.3) is 0 Å². The Bertz CT molecular complexity index is 681. The maximum Gasteiger partial charge on any atom is 0.220 e. The van der Waals surface area contributed by atoms with Crippen LogP contribution in [0, 0.1) is 5.82 Å². The third-order valence-corrected chi connectivity index (χ3v) is 4.84. The molecular weight excluding hydrogens is 303 g/mol. The molecule has 3 rings (SSSR count). The number of carbonyl (C=O) groups excluding carboxylic acids is 1. The third-order valence-electron chi connectivity index (χ3n) is 4.84. The van der Waals surface area contributed by atoms with Crippen molar-refractivity contribution in [2.45, 2.75) is 50.5 Å². The summed E-state index contributed by atoms with van der Waals surface area (Å²) in [6.07, 6.45) is 9.28. The van der Waals surface area contributed by atoms with Crippen LogP contribution in [0.5, 0.6) is 0 Å². The highest BCUT2D eigenvalue weighted by Gasteiger charge is 2.38. The number of nitrogens with one attached hydrogen (secondary N) is 1. The molecule has 24 heavy (non-hydrogen) atoms. The molecule has 1 aliphatic rings. The first kappa shape index (κ1) is 16.6. The Labute approximate surface area is 142 Å². The second-order valence-corrected chi connectivity index (χ2v) is 6.53. The molecule has 0 saturated heterocycles. The van der Waals surface area contributed by atoms with E-state index in [-0.39, 0.29) is 11.7 Å². The molecule has 0 radical (unpaired) electrons. The lowest BCUT2D eigenvalue weighted by Gasteiger charge is -2.31. The van der Waals surface area contributed by atoms with E-state index in [0.717, 1.165) is 38.5 Å². The quantitative estimate of drug-likeness (QED) is 0.867. The minimum Gasteiger partial charge on any atom is -0.346 e. The number of nitrogens with zero attached hydrogens (tertiary/aromatic N) is 1. The summed E-state index contributed by atoms with van der Waals surface area (Å²) in [6, 6.07) is 10.8. The molecule has 0 aliphatic heterocycles. The summed E-state index contributed by atoms with van der Waals surface area (Å²) in [5, 5.41) is 3.14. The van der Waals surface area contributed by atoms with Crippen molar-refractivity contribution >= 4 is 5.91 Å². The van der Waals surface area contributed by atoms with E-state index in [4.69, 9.17) is 0 Å². The van der Waals surface area contributed by atoms with Crippen molar-refractivity contribution in [3.63, 3.8) is 0 Å². The van der Waals surface area contributed by atoms with Crippen LogP contribution in [-0.2, 0) is 16.8 Å². The zero-order valence-corrected chi connectivity index (χ0v) is 13.8. The Morgan fingerprint density at radius 3 is 2.54 bits per heavy atom. The van der Waals surface area contributed by atoms with E-state index in [1.54, 1.807) is 24.5 Å². The van der Waals surface area contributed by atoms with Crippen LogP contribution < -0.4 is 5.32 Å². The van der Waals surface area contributed by atoms with Crippen LogP contribution >= 0.6 is 0 Å². The van der Waals surface area contributed by atoms with Gasteiger partial charge < -0.3 is 5.32 Å². The number of hydrogen-bond donors (Lipinski definition) is 1. The number of halogens is 1. The Balaban J connectivity index is 1.61. The lowest BCUT2D eigenvalue weighted by Crippen LogP contribution is -2.44. The Morgan fingerprint density at radius 1 is 1.12 bits per heavy atom. The molecule has 0 atom stereocenters. The van der Waals surface area contributed by atoms with E-state index in [0.29, 0.717) is 12.0 Å². The van der Waals surface area contributed by atoms with Gasteiger partial charge in [0.1, 0.15) is 5.82 Å². The zero-order chi connectivity index (χ0) is 16.8. The number of pyridine rings is 1. The highest BCUT2D eigenvalue weighted by Crippen LogP contribution is 2.39. The van der Waals surface area contributed by atoms with Crippen molar-refractivity contribution in [2.75, 3.05) is 0 Å². The number of carbonyl (C=O) groups is 1. The normalized spacial score (nSPS) is 16.0. The summed E-state index contributed by atoms with van der Waals surface area (Å²) in [5.74, 6) is -0.217. The monoisotopic (exact) mass is 326 g/mol. The van der Waals surface area contributed by atoms with E-state index in [1.165, 1.54) is 11.6 Å². The molecule has 2 aromatic rings. The Hall–Kier alpha value is -2.23. The van der Waals surface area contributed by atoms with Gasteiger partial charge >= 0.3 is 0 Å². The van der Waals surface area contributed by atoms with Crippen LogP contribution in [0.2, 0.25) is 0 Å². The van der Waals surface area contributed by atoms with E-state index in [9.17, 15) is 9.18 Å². The molecule has 1 aromatic carbocycles. The molecule has 1 saturated carbocycles. The number of aromatic nitrogens is 1. The van der Waals surface area contributed by atoms with Gasteiger partial charge in [0.2, 0.25) is 5.91 Å². The molecule has 4 heteroatoms. The standard InChI is InChI=1S/C20H23FN2O/c21-18-8-2-1-7-17(18)20(12-3-4-13-20)23-19(24)9-5-6-16-10-14-22-15-11-16/h1-2,7-8,10-11,14-15H,3-6,9,12-13H2,(H,23,24). The van der Waals surface area contributed by atoms with Crippen molar-refractivity contribution in [3.05, 3.63) is 65.7 Å². The van der Waals surface area contributed by atoms with Gasteiger partial charge in [-0.15, -0.1) is 0 Å². The topological polar surface area (TPSA) is 42.0 Å². The fraction of sp³-hybridized carbons (Fsp3) is 0.400. The number of rotatable bonds is 6. The van der Waals surface area contributed by atoms with E-state index < -0.39 is 5.54 Å². The molecule has 0 spiro atoms. The van der Waals surface area contributed by atoms with Gasteiger partial charge in [-0.05, 0) is 49.4 Å². The molecule has 1 heterocycles. The highest BCUT2D eigenvalue weighted by atomic mass is 19.1. The Morgan fingerprint density at radius 2 is 1.83 bits per heavy atom. The fourth-order valence-electron chi connectivity index (χ4n) is 3.62. The summed E-state index contributed by atoms with van der Waals surface area (Å²) in [6.45, 7) is 0. The number of aryl methyl sites for hydroxylation is 1. The third kappa shape index (κ3) is 3.81. The van der Waals surface area contributed by atoms with Crippen LogP contribution in [0.3, 0.4) is 0 Å². The van der Waals surface area contributed by atoms with Crippen molar-refractivity contribution in [2.24, 2.45) is 0 Å². The molecule has 0 unspecified atom stereocenters.